The van der Waals surface area contributed by atoms with Crippen LogP contribution in [0.15, 0.2) is 18.2 Å². The molecule has 118 valence electrons. The molecular formula is C16H27N3O2. The van der Waals surface area contributed by atoms with Crippen LogP contribution in [0.25, 0.3) is 0 Å². The van der Waals surface area contributed by atoms with Crippen LogP contribution in [0.3, 0.4) is 0 Å². The highest BCUT2D eigenvalue weighted by atomic mass is 16.5. The number of ether oxygens (including phenoxy) is 1. The molecule has 0 aliphatic carbocycles. The van der Waals surface area contributed by atoms with Gasteiger partial charge in [-0.15, -0.1) is 0 Å². The predicted molar refractivity (Wildman–Crippen MR) is 86.7 cm³/mol. The van der Waals surface area contributed by atoms with Crippen molar-refractivity contribution in [2.24, 2.45) is 5.92 Å². The summed E-state index contributed by atoms with van der Waals surface area (Å²) >= 11 is 0. The normalized spacial score (nSPS) is 12.5. The van der Waals surface area contributed by atoms with Gasteiger partial charge in [0.25, 0.3) is 5.91 Å². The van der Waals surface area contributed by atoms with Crippen molar-refractivity contribution in [3.05, 3.63) is 23.8 Å². The highest BCUT2D eigenvalue weighted by Gasteiger charge is 2.18. The Kier molecular flexibility index (Phi) is 6.49. The number of nitrogens with zero attached hydrogens (tertiary/aromatic N) is 1. The van der Waals surface area contributed by atoms with Crippen molar-refractivity contribution in [1.82, 2.24) is 10.2 Å². The van der Waals surface area contributed by atoms with Gasteiger partial charge in [0, 0.05) is 29.9 Å². The van der Waals surface area contributed by atoms with Gasteiger partial charge in [-0.3, -0.25) is 4.79 Å². The number of rotatable bonds is 7. The fourth-order valence-corrected chi connectivity index (χ4v) is 2.07. The number of carbonyl (C=O) groups excluding carboxylic acids is 1. The standard InChI is InChI=1S/C16H27N3O2/c1-6-21-14-8-12(7-13(17)9-14)16(20)18-15(11(2)3)10-19(4)5/h7-9,11,15H,6,10,17H2,1-5H3,(H,18,20). The lowest BCUT2D eigenvalue weighted by Crippen LogP contribution is -2.45. The van der Waals surface area contributed by atoms with Gasteiger partial charge >= 0.3 is 0 Å². The van der Waals surface area contributed by atoms with E-state index in [0.29, 0.717) is 29.5 Å². The Bertz CT molecular complexity index is 473. The largest absolute Gasteiger partial charge is 0.494 e. The first kappa shape index (κ1) is 17.3. The Balaban J connectivity index is 2.86. The fourth-order valence-electron chi connectivity index (χ4n) is 2.07. The first-order valence-electron chi connectivity index (χ1n) is 7.32. The van der Waals surface area contributed by atoms with Gasteiger partial charge in [-0.25, -0.2) is 0 Å². The van der Waals surface area contributed by atoms with Crippen LogP contribution in [0.4, 0.5) is 5.69 Å². The number of nitrogen functional groups attached to an aromatic ring is 1. The van der Waals surface area contributed by atoms with Crippen molar-refractivity contribution in [1.29, 1.82) is 0 Å². The zero-order valence-electron chi connectivity index (χ0n) is 13.6. The van der Waals surface area contributed by atoms with Crippen LogP contribution in [-0.2, 0) is 0 Å². The molecule has 1 aromatic carbocycles. The van der Waals surface area contributed by atoms with Crippen molar-refractivity contribution in [3.63, 3.8) is 0 Å². The molecular weight excluding hydrogens is 266 g/mol. The number of benzene rings is 1. The zero-order valence-corrected chi connectivity index (χ0v) is 13.6. The van der Waals surface area contributed by atoms with E-state index in [-0.39, 0.29) is 11.9 Å². The second kappa shape index (κ2) is 7.88. The van der Waals surface area contributed by atoms with Crippen LogP contribution in [0.2, 0.25) is 0 Å². The lowest BCUT2D eigenvalue weighted by atomic mass is 10.0. The van der Waals surface area contributed by atoms with Crippen LogP contribution in [0.1, 0.15) is 31.1 Å². The summed E-state index contributed by atoms with van der Waals surface area (Å²) in [6.45, 7) is 7.43. The molecule has 5 nitrogen and oxygen atoms in total. The SMILES string of the molecule is CCOc1cc(N)cc(C(=O)NC(CN(C)C)C(C)C)c1. The topological polar surface area (TPSA) is 67.6 Å². The van der Waals surface area contributed by atoms with Gasteiger partial charge in [-0.2, -0.15) is 0 Å². The molecule has 0 saturated heterocycles. The van der Waals surface area contributed by atoms with Crippen molar-refractivity contribution < 1.29 is 9.53 Å². The predicted octanol–water partition coefficient (Wildman–Crippen LogP) is 1.98. The summed E-state index contributed by atoms with van der Waals surface area (Å²) < 4.78 is 5.43. The minimum absolute atomic E-state index is 0.0875. The lowest BCUT2D eigenvalue weighted by molar-refractivity contribution is 0.0916. The second-order valence-electron chi connectivity index (χ2n) is 5.81. The summed E-state index contributed by atoms with van der Waals surface area (Å²) in [5, 5.41) is 3.07. The smallest absolute Gasteiger partial charge is 0.251 e. The molecule has 0 heterocycles. The van der Waals surface area contributed by atoms with E-state index in [0.717, 1.165) is 6.54 Å². The molecule has 0 radical (unpaired) electrons. The molecule has 0 bridgehead atoms. The number of carbonyl (C=O) groups is 1. The van der Waals surface area contributed by atoms with Gasteiger partial charge < -0.3 is 20.7 Å². The molecule has 1 atom stereocenters. The average Bonchev–Trinajstić information content (AvgIpc) is 2.36. The molecule has 1 amide bonds. The van der Waals surface area contributed by atoms with Crippen LogP contribution in [-0.4, -0.2) is 44.1 Å². The van der Waals surface area contributed by atoms with Gasteiger partial charge in [0.2, 0.25) is 0 Å². The summed E-state index contributed by atoms with van der Waals surface area (Å²) in [5.74, 6) is 0.851. The van der Waals surface area contributed by atoms with Gasteiger partial charge in [0.05, 0.1) is 6.61 Å². The number of amides is 1. The molecule has 1 aromatic rings. The molecule has 3 N–H and O–H groups in total. The molecule has 21 heavy (non-hydrogen) atoms. The minimum atomic E-state index is -0.121. The van der Waals surface area contributed by atoms with E-state index in [1.807, 2.05) is 21.0 Å². The Labute approximate surface area is 127 Å². The quantitative estimate of drug-likeness (QED) is 0.754. The lowest BCUT2D eigenvalue weighted by Gasteiger charge is -2.25. The van der Waals surface area contributed by atoms with E-state index in [9.17, 15) is 4.79 Å². The van der Waals surface area contributed by atoms with E-state index in [1.165, 1.54) is 0 Å². The summed E-state index contributed by atoms with van der Waals surface area (Å²) in [7, 11) is 3.99. The number of anilines is 1. The van der Waals surface area contributed by atoms with E-state index in [1.54, 1.807) is 18.2 Å². The maximum atomic E-state index is 12.4. The second-order valence-corrected chi connectivity index (χ2v) is 5.81. The summed E-state index contributed by atoms with van der Waals surface area (Å²) in [4.78, 5) is 14.5. The first-order chi connectivity index (χ1) is 9.83. The van der Waals surface area contributed by atoms with Crippen molar-refractivity contribution >= 4 is 11.6 Å². The molecule has 0 spiro atoms. The Morgan fingerprint density at radius 2 is 2.00 bits per heavy atom. The molecule has 0 saturated carbocycles. The monoisotopic (exact) mass is 293 g/mol. The van der Waals surface area contributed by atoms with E-state index < -0.39 is 0 Å². The molecule has 0 aliphatic rings. The van der Waals surface area contributed by atoms with Crippen molar-refractivity contribution in [3.8, 4) is 5.75 Å². The maximum absolute atomic E-state index is 12.4. The number of likely N-dealkylation sites (N-methyl/N-ethyl adjacent to an activating group) is 1. The van der Waals surface area contributed by atoms with Crippen molar-refractivity contribution in [2.45, 2.75) is 26.8 Å². The van der Waals surface area contributed by atoms with Gasteiger partial charge in [-0.05, 0) is 39.1 Å². The fraction of sp³-hybridized carbons (Fsp3) is 0.562. The minimum Gasteiger partial charge on any atom is -0.494 e. The van der Waals surface area contributed by atoms with Crippen molar-refractivity contribution in [2.75, 3.05) is 33.0 Å². The number of nitrogens with one attached hydrogen (secondary N) is 1. The van der Waals surface area contributed by atoms with Gasteiger partial charge in [0.15, 0.2) is 0 Å². The van der Waals surface area contributed by atoms with E-state index in [4.69, 9.17) is 10.5 Å². The van der Waals surface area contributed by atoms with Gasteiger partial charge in [0.1, 0.15) is 5.75 Å². The van der Waals surface area contributed by atoms with Crippen LogP contribution in [0, 0.1) is 5.92 Å². The molecule has 5 heteroatoms. The number of hydrogen-bond donors (Lipinski definition) is 2. The number of nitrogens with two attached hydrogens (primary N) is 1. The van der Waals surface area contributed by atoms with Crippen LogP contribution >= 0.6 is 0 Å². The van der Waals surface area contributed by atoms with Crippen LogP contribution < -0.4 is 15.8 Å². The Morgan fingerprint density at radius 1 is 1.33 bits per heavy atom. The highest BCUT2D eigenvalue weighted by Crippen LogP contribution is 2.19. The zero-order chi connectivity index (χ0) is 16.0. The maximum Gasteiger partial charge on any atom is 0.251 e. The molecule has 0 fully saturated rings. The third kappa shape index (κ3) is 5.63. The molecule has 0 aliphatic heterocycles. The Morgan fingerprint density at radius 3 is 2.52 bits per heavy atom. The molecule has 1 unspecified atom stereocenters. The van der Waals surface area contributed by atoms with Gasteiger partial charge in [-0.1, -0.05) is 13.8 Å². The van der Waals surface area contributed by atoms with Crippen LogP contribution in [0.5, 0.6) is 5.75 Å². The molecule has 0 aromatic heterocycles. The highest BCUT2D eigenvalue weighted by molar-refractivity contribution is 5.95. The first-order valence-corrected chi connectivity index (χ1v) is 7.32. The third-order valence-corrected chi connectivity index (χ3v) is 3.19. The van der Waals surface area contributed by atoms with E-state index in [2.05, 4.69) is 24.1 Å². The number of hydrogen-bond acceptors (Lipinski definition) is 4. The summed E-state index contributed by atoms with van der Waals surface area (Å²) in [5.41, 5.74) is 6.89. The summed E-state index contributed by atoms with van der Waals surface area (Å²) in [6.07, 6.45) is 0. The Hall–Kier alpha value is -1.75. The molecule has 1 rings (SSSR count). The summed E-state index contributed by atoms with van der Waals surface area (Å²) in [6, 6.07) is 5.21. The van der Waals surface area contributed by atoms with E-state index >= 15 is 0 Å². The third-order valence-electron chi connectivity index (χ3n) is 3.19. The average molecular weight is 293 g/mol.